The normalized spacial score (nSPS) is 9.58. The van der Waals surface area contributed by atoms with Gasteiger partial charge in [-0.05, 0) is 18.6 Å². The molecular formula is C16H16N2O. The van der Waals surface area contributed by atoms with Crippen molar-refractivity contribution in [2.45, 2.75) is 13.5 Å². The zero-order chi connectivity index (χ0) is 13.5. The van der Waals surface area contributed by atoms with Crippen LogP contribution in [0.25, 0.3) is 0 Å². The minimum absolute atomic E-state index is 0.342. The number of aryl methyl sites for hydroxylation is 1. The number of nitrogens with zero attached hydrogens (tertiary/aromatic N) is 1. The molecule has 2 N–H and O–H groups in total. The SMILES string of the molecule is Cc1ccc(COc2cncc(C#CCN)c2)cc1. The van der Waals surface area contributed by atoms with Crippen LogP contribution in [0.3, 0.4) is 0 Å². The third-order valence-electron chi connectivity index (χ3n) is 2.57. The maximum absolute atomic E-state index is 5.69. The van der Waals surface area contributed by atoms with Crippen molar-refractivity contribution in [1.82, 2.24) is 4.98 Å². The molecule has 2 rings (SSSR count). The average Bonchev–Trinajstić information content (AvgIpc) is 2.45. The van der Waals surface area contributed by atoms with E-state index in [1.165, 1.54) is 5.56 Å². The van der Waals surface area contributed by atoms with Crippen LogP contribution in [0.4, 0.5) is 0 Å². The number of nitrogens with two attached hydrogens (primary N) is 1. The molecular weight excluding hydrogens is 236 g/mol. The van der Waals surface area contributed by atoms with Crippen LogP contribution in [-0.2, 0) is 6.61 Å². The molecule has 0 aliphatic rings. The van der Waals surface area contributed by atoms with E-state index in [0.29, 0.717) is 18.9 Å². The molecule has 0 saturated heterocycles. The Morgan fingerprint density at radius 3 is 2.74 bits per heavy atom. The fourth-order valence-electron chi connectivity index (χ4n) is 1.57. The van der Waals surface area contributed by atoms with Gasteiger partial charge in [0.2, 0.25) is 0 Å². The van der Waals surface area contributed by atoms with Crippen LogP contribution in [0.1, 0.15) is 16.7 Å². The summed E-state index contributed by atoms with van der Waals surface area (Å²) < 4.78 is 5.69. The summed E-state index contributed by atoms with van der Waals surface area (Å²) in [5, 5.41) is 0. The Kier molecular flexibility index (Phi) is 4.54. The predicted octanol–water partition coefficient (Wildman–Crippen LogP) is 2.28. The van der Waals surface area contributed by atoms with E-state index >= 15 is 0 Å². The zero-order valence-corrected chi connectivity index (χ0v) is 10.9. The van der Waals surface area contributed by atoms with Crippen molar-refractivity contribution in [2.75, 3.05) is 6.54 Å². The van der Waals surface area contributed by atoms with Gasteiger partial charge in [0.05, 0.1) is 12.7 Å². The molecule has 0 unspecified atom stereocenters. The first-order valence-corrected chi connectivity index (χ1v) is 6.10. The Morgan fingerprint density at radius 2 is 2.00 bits per heavy atom. The highest BCUT2D eigenvalue weighted by Gasteiger charge is 1.97. The third kappa shape index (κ3) is 4.13. The smallest absolute Gasteiger partial charge is 0.139 e. The van der Waals surface area contributed by atoms with Crippen LogP contribution < -0.4 is 10.5 Å². The largest absolute Gasteiger partial charge is 0.487 e. The molecule has 0 radical (unpaired) electrons. The van der Waals surface area contributed by atoms with Gasteiger partial charge in [0, 0.05) is 11.8 Å². The summed E-state index contributed by atoms with van der Waals surface area (Å²) in [6.45, 7) is 2.93. The lowest BCUT2D eigenvalue weighted by molar-refractivity contribution is 0.305. The maximum atomic E-state index is 5.69. The van der Waals surface area contributed by atoms with E-state index in [2.05, 4.69) is 48.0 Å². The molecule has 19 heavy (non-hydrogen) atoms. The van der Waals surface area contributed by atoms with Gasteiger partial charge in [0.1, 0.15) is 12.4 Å². The molecule has 1 aromatic heterocycles. The standard InChI is InChI=1S/C16H16N2O/c1-13-4-6-14(7-5-13)12-19-16-9-15(3-2-8-17)10-18-11-16/h4-7,9-11H,8,12,17H2,1H3. The fourth-order valence-corrected chi connectivity index (χ4v) is 1.57. The molecule has 0 spiro atoms. The minimum Gasteiger partial charge on any atom is -0.487 e. The summed E-state index contributed by atoms with van der Waals surface area (Å²) >= 11 is 0. The van der Waals surface area contributed by atoms with Crippen LogP contribution in [0.2, 0.25) is 0 Å². The minimum atomic E-state index is 0.342. The van der Waals surface area contributed by atoms with Crippen LogP contribution in [0.5, 0.6) is 5.75 Å². The Hall–Kier alpha value is -2.31. The van der Waals surface area contributed by atoms with Gasteiger partial charge in [-0.1, -0.05) is 41.7 Å². The maximum Gasteiger partial charge on any atom is 0.139 e. The second-order valence-corrected chi connectivity index (χ2v) is 4.19. The van der Waals surface area contributed by atoms with Crippen LogP contribution in [0, 0.1) is 18.8 Å². The number of pyridine rings is 1. The molecule has 2 aromatic rings. The lowest BCUT2D eigenvalue weighted by atomic mass is 10.2. The number of aromatic nitrogens is 1. The topological polar surface area (TPSA) is 48.1 Å². The van der Waals surface area contributed by atoms with Crippen molar-refractivity contribution in [3.63, 3.8) is 0 Å². The number of rotatable bonds is 3. The van der Waals surface area contributed by atoms with Gasteiger partial charge < -0.3 is 10.5 Å². The summed E-state index contributed by atoms with van der Waals surface area (Å²) in [5.74, 6) is 6.44. The lowest BCUT2D eigenvalue weighted by Gasteiger charge is -2.06. The van der Waals surface area contributed by atoms with Gasteiger partial charge in [0.25, 0.3) is 0 Å². The number of hydrogen-bond donors (Lipinski definition) is 1. The van der Waals surface area contributed by atoms with Gasteiger partial charge in [-0.15, -0.1) is 0 Å². The van der Waals surface area contributed by atoms with Gasteiger partial charge in [-0.2, -0.15) is 0 Å². The van der Waals surface area contributed by atoms with Crippen LogP contribution in [0.15, 0.2) is 42.7 Å². The second-order valence-electron chi connectivity index (χ2n) is 4.19. The van der Waals surface area contributed by atoms with E-state index in [9.17, 15) is 0 Å². The molecule has 0 aliphatic carbocycles. The van der Waals surface area contributed by atoms with E-state index < -0.39 is 0 Å². The molecule has 0 bridgehead atoms. The molecule has 3 nitrogen and oxygen atoms in total. The van der Waals surface area contributed by atoms with Crippen molar-refractivity contribution in [3.8, 4) is 17.6 Å². The summed E-state index contributed by atoms with van der Waals surface area (Å²) in [5.41, 5.74) is 8.52. The van der Waals surface area contributed by atoms with Crippen molar-refractivity contribution >= 4 is 0 Å². The van der Waals surface area contributed by atoms with E-state index in [0.717, 1.165) is 11.1 Å². The molecule has 0 fully saturated rings. The summed E-state index contributed by atoms with van der Waals surface area (Å²) in [7, 11) is 0. The fraction of sp³-hybridized carbons (Fsp3) is 0.188. The van der Waals surface area contributed by atoms with Crippen molar-refractivity contribution in [1.29, 1.82) is 0 Å². The zero-order valence-electron chi connectivity index (χ0n) is 10.9. The van der Waals surface area contributed by atoms with Crippen molar-refractivity contribution in [3.05, 3.63) is 59.4 Å². The molecule has 1 heterocycles. The predicted molar refractivity (Wildman–Crippen MR) is 75.7 cm³/mol. The molecule has 0 amide bonds. The highest BCUT2D eigenvalue weighted by Crippen LogP contribution is 2.13. The van der Waals surface area contributed by atoms with Crippen LogP contribution in [-0.4, -0.2) is 11.5 Å². The highest BCUT2D eigenvalue weighted by atomic mass is 16.5. The molecule has 96 valence electrons. The molecule has 0 atom stereocenters. The molecule has 0 aliphatic heterocycles. The van der Waals surface area contributed by atoms with Crippen molar-refractivity contribution in [2.24, 2.45) is 5.73 Å². The van der Waals surface area contributed by atoms with Gasteiger partial charge in [-0.3, -0.25) is 4.98 Å². The first-order chi connectivity index (χ1) is 9.28. The second kappa shape index (κ2) is 6.58. The summed E-state index contributed by atoms with van der Waals surface area (Å²) in [4.78, 5) is 4.10. The first-order valence-electron chi connectivity index (χ1n) is 6.10. The third-order valence-corrected chi connectivity index (χ3v) is 2.57. The number of ether oxygens (including phenoxy) is 1. The van der Waals surface area contributed by atoms with Gasteiger partial charge in [0.15, 0.2) is 0 Å². The van der Waals surface area contributed by atoms with E-state index in [1.807, 2.05) is 6.07 Å². The highest BCUT2D eigenvalue weighted by molar-refractivity contribution is 5.37. The Balaban J connectivity index is 2.01. The Morgan fingerprint density at radius 1 is 1.21 bits per heavy atom. The summed E-state index contributed by atoms with van der Waals surface area (Å²) in [6.07, 6.45) is 3.38. The van der Waals surface area contributed by atoms with E-state index in [1.54, 1.807) is 12.4 Å². The van der Waals surface area contributed by atoms with Crippen LogP contribution >= 0.6 is 0 Å². The molecule has 0 saturated carbocycles. The lowest BCUT2D eigenvalue weighted by Crippen LogP contribution is -1.96. The first kappa shape index (κ1) is 13.1. The Labute approximate surface area is 113 Å². The van der Waals surface area contributed by atoms with E-state index in [-0.39, 0.29) is 0 Å². The Bertz CT molecular complexity index is 594. The number of benzene rings is 1. The van der Waals surface area contributed by atoms with Gasteiger partial charge in [-0.25, -0.2) is 0 Å². The number of hydrogen-bond acceptors (Lipinski definition) is 3. The summed E-state index contributed by atoms with van der Waals surface area (Å²) in [6, 6.07) is 10.1. The van der Waals surface area contributed by atoms with Gasteiger partial charge >= 0.3 is 0 Å². The quantitative estimate of drug-likeness (QED) is 0.852. The molecule has 3 heteroatoms. The monoisotopic (exact) mass is 252 g/mol. The van der Waals surface area contributed by atoms with Crippen molar-refractivity contribution < 1.29 is 4.74 Å². The average molecular weight is 252 g/mol. The van der Waals surface area contributed by atoms with E-state index in [4.69, 9.17) is 10.5 Å². The molecule has 1 aromatic carbocycles.